The molecule has 13 heavy (non-hydrogen) atoms. The third-order valence-electron chi connectivity index (χ3n) is 1.91. The maximum Gasteiger partial charge on any atom is 0.236 e. The first kappa shape index (κ1) is 12.4. The van der Waals surface area contributed by atoms with Crippen LogP contribution in [0.5, 0.6) is 0 Å². The molecule has 0 aromatic carbocycles. The van der Waals surface area contributed by atoms with Gasteiger partial charge in [-0.2, -0.15) is 0 Å². The Morgan fingerprint density at radius 2 is 2.23 bits per heavy atom. The first-order chi connectivity index (χ1) is 6.26. The largest absolute Gasteiger partial charge is 0.358 e. The number of nitrogens with one attached hydrogen (secondary N) is 2. The Morgan fingerprint density at radius 3 is 2.69 bits per heavy atom. The molecule has 0 heterocycles. The van der Waals surface area contributed by atoms with E-state index in [-0.39, 0.29) is 11.9 Å². The van der Waals surface area contributed by atoms with Gasteiger partial charge in [0.2, 0.25) is 5.91 Å². The molecule has 4 N–H and O–H groups in total. The van der Waals surface area contributed by atoms with E-state index < -0.39 is 0 Å². The summed E-state index contributed by atoms with van der Waals surface area (Å²) in [5.74, 6) is 0.0684. The van der Waals surface area contributed by atoms with Crippen LogP contribution in [0.25, 0.3) is 0 Å². The van der Waals surface area contributed by atoms with Crippen molar-refractivity contribution in [1.82, 2.24) is 10.6 Å². The number of hydrogen-bond donors (Lipinski definition) is 3. The summed E-state index contributed by atoms with van der Waals surface area (Å²) < 4.78 is 0. The van der Waals surface area contributed by atoms with Crippen molar-refractivity contribution in [1.29, 1.82) is 0 Å². The van der Waals surface area contributed by atoms with Crippen molar-refractivity contribution in [3.63, 3.8) is 0 Å². The lowest BCUT2D eigenvalue weighted by Crippen LogP contribution is -2.43. The van der Waals surface area contributed by atoms with Gasteiger partial charge in [0, 0.05) is 7.05 Å². The fraction of sp³-hybridized carbons (Fsp3) is 0.889. The fourth-order valence-electron chi connectivity index (χ4n) is 1.17. The molecule has 0 radical (unpaired) electrons. The zero-order valence-electron chi connectivity index (χ0n) is 8.60. The highest BCUT2D eigenvalue weighted by Crippen LogP contribution is 1.96. The molecule has 1 amide bonds. The molecule has 0 aromatic heterocycles. The SMILES string of the molecule is CCCC(NCCCN)C(=O)NC. The van der Waals surface area contributed by atoms with Crippen LogP contribution in [0.1, 0.15) is 26.2 Å². The van der Waals surface area contributed by atoms with Gasteiger partial charge in [-0.05, 0) is 25.9 Å². The van der Waals surface area contributed by atoms with E-state index in [4.69, 9.17) is 5.73 Å². The number of nitrogens with two attached hydrogens (primary N) is 1. The van der Waals surface area contributed by atoms with E-state index in [0.29, 0.717) is 6.54 Å². The second-order valence-electron chi connectivity index (χ2n) is 3.05. The van der Waals surface area contributed by atoms with Gasteiger partial charge < -0.3 is 16.4 Å². The second kappa shape index (κ2) is 8.01. The van der Waals surface area contributed by atoms with E-state index >= 15 is 0 Å². The molecule has 0 spiro atoms. The van der Waals surface area contributed by atoms with Crippen molar-refractivity contribution in [2.24, 2.45) is 5.73 Å². The Kier molecular flexibility index (Phi) is 7.63. The molecular formula is C9H21N3O. The molecule has 0 aliphatic heterocycles. The summed E-state index contributed by atoms with van der Waals surface area (Å²) in [5.41, 5.74) is 5.36. The molecule has 0 aliphatic carbocycles. The van der Waals surface area contributed by atoms with Gasteiger partial charge in [-0.1, -0.05) is 13.3 Å². The van der Waals surface area contributed by atoms with Crippen molar-refractivity contribution in [2.45, 2.75) is 32.2 Å². The normalized spacial score (nSPS) is 12.5. The molecule has 0 fully saturated rings. The number of carbonyl (C=O) groups is 1. The minimum Gasteiger partial charge on any atom is -0.358 e. The Hall–Kier alpha value is -0.610. The van der Waals surface area contributed by atoms with Crippen molar-refractivity contribution in [3.05, 3.63) is 0 Å². The number of carbonyl (C=O) groups excluding carboxylic acids is 1. The van der Waals surface area contributed by atoms with Crippen molar-refractivity contribution in [2.75, 3.05) is 20.1 Å². The molecular weight excluding hydrogens is 166 g/mol. The van der Waals surface area contributed by atoms with Gasteiger partial charge in [-0.25, -0.2) is 0 Å². The van der Waals surface area contributed by atoms with Gasteiger partial charge in [0.15, 0.2) is 0 Å². The third-order valence-corrected chi connectivity index (χ3v) is 1.91. The van der Waals surface area contributed by atoms with Crippen LogP contribution in [0, 0.1) is 0 Å². The quantitative estimate of drug-likeness (QED) is 0.485. The first-order valence-electron chi connectivity index (χ1n) is 4.91. The molecule has 1 unspecified atom stereocenters. The Bertz CT molecular complexity index is 139. The smallest absolute Gasteiger partial charge is 0.236 e. The lowest BCUT2D eigenvalue weighted by atomic mass is 10.1. The average Bonchev–Trinajstić information content (AvgIpc) is 2.16. The van der Waals surface area contributed by atoms with E-state index in [9.17, 15) is 4.79 Å². The van der Waals surface area contributed by atoms with Crippen LogP contribution in [0.2, 0.25) is 0 Å². The molecule has 0 saturated heterocycles. The molecule has 78 valence electrons. The molecule has 0 bridgehead atoms. The van der Waals surface area contributed by atoms with Crippen LogP contribution in [-0.2, 0) is 4.79 Å². The van der Waals surface area contributed by atoms with Gasteiger partial charge in [0.05, 0.1) is 6.04 Å². The monoisotopic (exact) mass is 187 g/mol. The van der Waals surface area contributed by atoms with Crippen molar-refractivity contribution >= 4 is 5.91 Å². The topological polar surface area (TPSA) is 67.1 Å². The molecule has 1 atom stereocenters. The summed E-state index contributed by atoms with van der Waals surface area (Å²) in [4.78, 5) is 11.3. The summed E-state index contributed by atoms with van der Waals surface area (Å²) in [6.07, 6.45) is 2.80. The number of likely N-dealkylation sites (N-methyl/N-ethyl adjacent to an activating group) is 1. The van der Waals surface area contributed by atoms with Crippen LogP contribution in [0.4, 0.5) is 0 Å². The highest BCUT2D eigenvalue weighted by Gasteiger charge is 2.13. The highest BCUT2D eigenvalue weighted by atomic mass is 16.2. The predicted octanol–water partition coefficient (Wildman–Crippen LogP) is -0.160. The molecule has 4 nitrogen and oxygen atoms in total. The van der Waals surface area contributed by atoms with Crippen LogP contribution < -0.4 is 16.4 Å². The molecule has 0 saturated carbocycles. The minimum atomic E-state index is -0.0541. The first-order valence-corrected chi connectivity index (χ1v) is 4.91. The van der Waals surface area contributed by atoms with E-state index in [1.807, 2.05) is 0 Å². The standard InChI is InChI=1S/C9H21N3O/c1-3-5-8(9(13)11-2)12-7-4-6-10/h8,12H,3-7,10H2,1-2H3,(H,11,13). The lowest BCUT2D eigenvalue weighted by Gasteiger charge is -2.15. The Balaban J connectivity index is 3.73. The second-order valence-corrected chi connectivity index (χ2v) is 3.05. The number of hydrogen-bond acceptors (Lipinski definition) is 3. The van der Waals surface area contributed by atoms with Crippen LogP contribution >= 0.6 is 0 Å². The molecule has 0 rings (SSSR count). The minimum absolute atomic E-state index is 0.0541. The van der Waals surface area contributed by atoms with Gasteiger partial charge >= 0.3 is 0 Å². The van der Waals surface area contributed by atoms with Gasteiger partial charge in [-0.15, -0.1) is 0 Å². The van der Waals surface area contributed by atoms with Gasteiger partial charge in [0.25, 0.3) is 0 Å². The van der Waals surface area contributed by atoms with E-state index in [0.717, 1.165) is 25.8 Å². The van der Waals surface area contributed by atoms with E-state index in [1.165, 1.54) is 0 Å². The zero-order valence-corrected chi connectivity index (χ0v) is 8.60. The Morgan fingerprint density at radius 1 is 1.54 bits per heavy atom. The van der Waals surface area contributed by atoms with Crippen LogP contribution in [-0.4, -0.2) is 32.1 Å². The zero-order chi connectivity index (χ0) is 10.1. The van der Waals surface area contributed by atoms with Crippen molar-refractivity contribution in [3.8, 4) is 0 Å². The summed E-state index contributed by atoms with van der Waals surface area (Å²) in [6, 6.07) is -0.0541. The fourth-order valence-corrected chi connectivity index (χ4v) is 1.17. The van der Waals surface area contributed by atoms with Gasteiger partial charge in [0.1, 0.15) is 0 Å². The lowest BCUT2D eigenvalue weighted by molar-refractivity contribution is -0.122. The van der Waals surface area contributed by atoms with Crippen molar-refractivity contribution < 1.29 is 4.79 Å². The highest BCUT2D eigenvalue weighted by molar-refractivity contribution is 5.81. The van der Waals surface area contributed by atoms with E-state index in [2.05, 4.69) is 17.6 Å². The summed E-state index contributed by atoms with van der Waals surface area (Å²) >= 11 is 0. The molecule has 4 heteroatoms. The Labute approximate surface area is 80.3 Å². The van der Waals surface area contributed by atoms with Crippen LogP contribution in [0.3, 0.4) is 0 Å². The summed E-state index contributed by atoms with van der Waals surface area (Å²) in [7, 11) is 1.66. The average molecular weight is 187 g/mol. The third kappa shape index (κ3) is 5.60. The van der Waals surface area contributed by atoms with Gasteiger partial charge in [-0.3, -0.25) is 4.79 Å². The van der Waals surface area contributed by atoms with E-state index in [1.54, 1.807) is 7.05 Å². The summed E-state index contributed by atoms with van der Waals surface area (Å²) in [5, 5.41) is 5.82. The molecule has 0 aromatic rings. The maximum absolute atomic E-state index is 11.3. The summed E-state index contributed by atoms with van der Waals surface area (Å²) in [6.45, 7) is 3.55. The number of amides is 1. The number of rotatable bonds is 7. The molecule has 0 aliphatic rings. The van der Waals surface area contributed by atoms with Crippen LogP contribution in [0.15, 0.2) is 0 Å². The predicted molar refractivity (Wildman–Crippen MR) is 54.4 cm³/mol. The maximum atomic E-state index is 11.3.